The van der Waals surface area contributed by atoms with E-state index < -0.39 is 0 Å². The summed E-state index contributed by atoms with van der Waals surface area (Å²) in [4.78, 5) is 17.1. The Labute approximate surface area is 146 Å². The van der Waals surface area contributed by atoms with Gasteiger partial charge >= 0.3 is 0 Å². The first kappa shape index (κ1) is 15.6. The molecule has 1 aliphatic heterocycles. The van der Waals surface area contributed by atoms with Gasteiger partial charge < -0.3 is 9.80 Å². The third kappa shape index (κ3) is 2.95. The second-order valence-electron chi connectivity index (χ2n) is 6.51. The molecule has 3 aromatic rings. The molecule has 0 atom stereocenters. The lowest BCUT2D eigenvalue weighted by Crippen LogP contribution is -2.48. The molecule has 0 radical (unpaired) electrons. The molecule has 0 bridgehead atoms. The maximum atomic E-state index is 12.8. The summed E-state index contributed by atoms with van der Waals surface area (Å²) in [6.45, 7) is 7.15. The molecular weight excluding hydrogens is 314 g/mol. The molecule has 3 heterocycles. The van der Waals surface area contributed by atoms with Gasteiger partial charge in [-0.15, -0.1) is 10.2 Å². The summed E-state index contributed by atoms with van der Waals surface area (Å²) >= 11 is 0. The molecule has 0 N–H and O–H groups in total. The Kier molecular flexibility index (Phi) is 3.87. The number of hydrogen-bond donors (Lipinski definition) is 0. The van der Waals surface area contributed by atoms with Crippen LogP contribution in [0.1, 0.15) is 21.7 Å². The molecule has 128 valence electrons. The van der Waals surface area contributed by atoms with Crippen molar-refractivity contribution in [3.63, 3.8) is 0 Å². The number of fused-ring (bicyclic) bond motifs is 1. The average molecular weight is 335 g/mol. The Morgan fingerprint density at radius 1 is 1.00 bits per heavy atom. The fraction of sp³-hybridized carbons (Fsp3) is 0.316. The van der Waals surface area contributed by atoms with Crippen molar-refractivity contribution < 1.29 is 4.79 Å². The zero-order valence-corrected chi connectivity index (χ0v) is 14.5. The average Bonchev–Trinajstić information content (AvgIpc) is 3.02. The predicted octanol–water partition coefficient (Wildman–Crippen LogP) is 2.31. The summed E-state index contributed by atoms with van der Waals surface area (Å²) in [5, 5.41) is 8.14. The lowest BCUT2D eigenvalue weighted by atomic mass is 10.1. The van der Waals surface area contributed by atoms with Crippen LogP contribution in [0.5, 0.6) is 0 Å². The van der Waals surface area contributed by atoms with Crippen LogP contribution in [0.25, 0.3) is 5.65 Å². The predicted molar refractivity (Wildman–Crippen MR) is 97.0 cm³/mol. The molecule has 4 rings (SSSR count). The van der Waals surface area contributed by atoms with Crippen LogP contribution in [0.3, 0.4) is 0 Å². The van der Waals surface area contributed by atoms with Gasteiger partial charge in [0.25, 0.3) is 5.91 Å². The SMILES string of the molecule is Cc1cccc(N2CCN(C(=O)c3ccn4c(C)nnc4c3)CC2)c1. The highest BCUT2D eigenvalue weighted by atomic mass is 16.2. The number of aromatic nitrogens is 3. The number of amides is 1. The van der Waals surface area contributed by atoms with Gasteiger partial charge in [-0.2, -0.15) is 0 Å². The zero-order valence-electron chi connectivity index (χ0n) is 14.5. The zero-order chi connectivity index (χ0) is 17.4. The topological polar surface area (TPSA) is 53.7 Å². The van der Waals surface area contributed by atoms with E-state index in [1.807, 2.05) is 34.6 Å². The number of pyridine rings is 1. The maximum absolute atomic E-state index is 12.8. The number of anilines is 1. The van der Waals surface area contributed by atoms with Gasteiger partial charge in [0, 0.05) is 43.6 Å². The molecule has 1 aliphatic rings. The minimum atomic E-state index is 0.0621. The number of aryl methyl sites for hydroxylation is 2. The summed E-state index contributed by atoms with van der Waals surface area (Å²) in [6, 6.07) is 12.2. The molecule has 1 aromatic carbocycles. The van der Waals surface area contributed by atoms with E-state index in [1.54, 1.807) is 0 Å². The molecule has 6 heteroatoms. The molecular formula is C19H21N5O. The number of carbonyl (C=O) groups is 1. The summed E-state index contributed by atoms with van der Waals surface area (Å²) < 4.78 is 1.88. The highest BCUT2D eigenvalue weighted by Gasteiger charge is 2.22. The van der Waals surface area contributed by atoms with Crippen molar-refractivity contribution in [2.24, 2.45) is 0 Å². The van der Waals surface area contributed by atoms with E-state index in [0.29, 0.717) is 11.2 Å². The Balaban J connectivity index is 1.46. The van der Waals surface area contributed by atoms with Gasteiger partial charge in [0.2, 0.25) is 0 Å². The molecule has 1 saturated heterocycles. The fourth-order valence-corrected chi connectivity index (χ4v) is 3.32. The minimum absolute atomic E-state index is 0.0621. The first-order valence-corrected chi connectivity index (χ1v) is 8.54. The van der Waals surface area contributed by atoms with E-state index in [-0.39, 0.29) is 5.91 Å². The van der Waals surface area contributed by atoms with Crippen LogP contribution in [-0.4, -0.2) is 51.6 Å². The smallest absolute Gasteiger partial charge is 0.254 e. The molecule has 6 nitrogen and oxygen atoms in total. The van der Waals surface area contributed by atoms with Gasteiger partial charge in [0.1, 0.15) is 5.82 Å². The third-order valence-electron chi connectivity index (χ3n) is 4.76. The Hall–Kier alpha value is -2.89. The van der Waals surface area contributed by atoms with Crippen LogP contribution in [0, 0.1) is 13.8 Å². The lowest BCUT2D eigenvalue weighted by molar-refractivity contribution is 0.0746. The highest BCUT2D eigenvalue weighted by molar-refractivity contribution is 5.95. The van der Waals surface area contributed by atoms with Gasteiger partial charge in [-0.1, -0.05) is 12.1 Å². The second kappa shape index (κ2) is 6.20. The van der Waals surface area contributed by atoms with Gasteiger partial charge in [-0.05, 0) is 43.7 Å². The van der Waals surface area contributed by atoms with E-state index in [0.717, 1.165) is 32.0 Å². The van der Waals surface area contributed by atoms with Crippen molar-refractivity contribution in [1.29, 1.82) is 0 Å². The molecule has 1 fully saturated rings. The third-order valence-corrected chi connectivity index (χ3v) is 4.76. The summed E-state index contributed by atoms with van der Waals surface area (Å²) in [6.07, 6.45) is 1.86. The van der Waals surface area contributed by atoms with E-state index in [1.165, 1.54) is 11.3 Å². The highest BCUT2D eigenvalue weighted by Crippen LogP contribution is 2.19. The van der Waals surface area contributed by atoms with Crippen LogP contribution < -0.4 is 4.90 Å². The van der Waals surface area contributed by atoms with Crippen LogP contribution in [0.2, 0.25) is 0 Å². The second-order valence-corrected chi connectivity index (χ2v) is 6.51. The van der Waals surface area contributed by atoms with E-state index >= 15 is 0 Å². The Bertz CT molecular complexity index is 924. The van der Waals surface area contributed by atoms with E-state index in [2.05, 4.69) is 46.3 Å². The van der Waals surface area contributed by atoms with Crippen LogP contribution in [-0.2, 0) is 0 Å². The van der Waals surface area contributed by atoms with Crippen molar-refractivity contribution in [2.75, 3.05) is 31.1 Å². The number of rotatable bonds is 2. The van der Waals surface area contributed by atoms with Crippen molar-refractivity contribution in [3.8, 4) is 0 Å². The Morgan fingerprint density at radius 2 is 1.80 bits per heavy atom. The van der Waals surface area contributed by atoms with Crippen LogP contribution in [0.15, 0.2) is 42.6 Å². The van der Waals surface area contributed by atoms with Gasteiger partial charge in [-0.3, -0.25) is 9.20 Å². The number of hydrogen-bond acceptors (Lipinski definition) is 4. The normalized spacial score (nSPS) is 15.0. The quantitative estimate of drug-likeness (QED) is 0.721. The first-order valence-electron chi connectivity index (χ1n) is 8.54. The molecule has 2 aromatic heterocycles. The van der Waals surface area contributed by atoms with Crippen LogP contribution in [0.4, 0.5) is 5.69 Å². The van der Waals surface area contributed by atoms with Crippen molar-refractivity contribution >= 4 is 17.2 Å². The Morgan fingerprint density at radius 3 is 2.56 bits per heavy atom. The van der Waals surface area contributed by atoms with Crippen molar-refractivity contribution in [1.82, 2.24) is 19.5 Å². The van der Waals surface area contributed by atoms with E-state index in [4.69, 9.17) is 0 Å². The molecule has 0 unspecified atom stereocenters. The van der Waals surface area contributed by atoms with Crippen molar-refractivity contribution in [3.05, 3.63) is 59.5 Å². The summed E-state index contributed by atoms with van der Waals surface area (Å²) in [5.41, 5.74) is 3.87. The number of carbonyl (C=O) groups excluding carboxylic acids is 1. The summed E-state index contributed by atoms with van der Waals surface area (Å²) in [5.74, 6) is 0.882. The standard InChI is InChI=1S/C19H21N5O/c1-14-4-3-5-17(12-14)22-8-10-23(11-9-22)19(25)16-6-7-24-15(2)20-21-18(24)13-16/h3-7,12-13H,8-11H2,1-2H3. The minimum Gasteiger partial charge on any atom is -0.368 e. The van der Waals surface area contributed by atoms with Gasteiger partial charge in [0.05, 0.1) is 0 Å². The largest absolute Gasteiger partial charge is 0.368 e. The van der Waals surface area contributed by atoms with Crippen molar-refractivity contribution in [2.45, 2.75) is 13.8 Å². The van der Waals surface area contributed by atoms with E-state index in [9.17, 15) is 4.79 Å². The molecule has 0 aliphatic carbocycles. The number of benzene rings is 1. The number of nitrogens with zero attached hydrogens (tertiary/aromatic N) is 5. The molecule has 0 spiro atoms. The molecule has 0 saturated carbocycles. The van der Waals surface area contributed by atoms with Gasteiger partial charge in [0.15, 0.2) is 5.65 Å². The van der Waals surface area contributed by atoms with Gasteiger partial charge in [-0.25, -0.2) is 0 Å². The first-order chi connectivity index (χ1) is 12.1. The monoisotopic (exact) mass is 335 g/mol. The maximum Gasteiger partial charge on any atom is 0.254 e. The number of piperazine rings is 1. The lowest BCUT2D eigenvalue weighted by Gasteiger charge is -2.36. The fourth-order valence-electron chi connectivity index (χ4n) is 3.32. The molecule has 1 amide bonds. The summed E-state index contributed by atoms with van der Waals surface area (Å²) in [7, 11) is 0. The molecule has 25 heavy (non-hydrogen) atoms. The van der Waals surface area contributed by atoms with Crippen LogP contribution >= 0.6 is 0 Å².